The van der Waals surface area contributed by atoms with E-state index in [2.05, 4.69) is 5.32 Å². The molecule has 1 aromatic carbocycles. The molecule has 0 aliphatic carbocycles. The number of halogens is 1. The standard InChI is InChI=1S/C12H15ClN2O2S/c1-12(2,3)17-11(16)15-9-6-7(13)4-5-8(9)10(14)18/h4-6H,1-3H3,(H2,14,18)(H,15,16). The summed E-state index contributed by atoms with van der Waals surface area (Å²) in [4.78, 5) is 11.8. The van der Waals surface area contributed by atoms with Gasteiger partial charge in [0.25, 0.3) is 0 Å². The number of hydrogen-bond acceptors (Lipinski definition) is 3. The molecule has 4 nitrogen and oxygen atoms in total. The molecule has 18 heavy (non-hydrogen) atoms. The van der Waals surface area contributed by atoms with Gasteiger partial charge < -0.3 is 10.5 Å². The zero-order valence-corrected chi connectivity index (χ0v) is 12.0. The predicted octanol–water partition coefficient (Wildman–Crippen LogP) is 3.32. The van der Waals surface area contributed by atoms with Crippen LogP contribution in [-0.4, -0.2) is 16.7 Å². The molecule has 0 radical (unpaired) electrons. The average molecular weight is 287 g/mol. The third-order valence-electron chi connectivity index (χ3n) is 1.88. The fraction of sp³-hybridized carbons (Fsp3) is 0.333. The molecule has 0 saturated carbocycles. The van der Waals surface area contributed by atoms with Crippen molar-refractivity contribution >= 4 is 40.6 Å². The van der Waals surface area contributed by atoms with Crippen LogP contribution in [0.2, 0.25) is 5.02 Å². The second-order valence-corrected chi connectivity index (χ2v) is 5.56. The summed E-state index contributed by atoms with van der Waals surface area (Å²) in [7, 11) is 0. The lowest BCUT2D eigenvalue weighted by Gasteiger charge is -2.20. The number of benzene rings is 1. The Kier molecular flexibility index (Phi) is 4.53. The summed E-state index contributed by atoms with van der Waals surface area (Å²) in [5, 5.41) is 3.05. The second-order valence-electron chi connectivity index (χ2n) is 4.68. The van der Waals surface area contributed by atoms with Crippen LogP contribution >= 0.6 is 23.8 Å². The Morgan fingerprint density at radius 1 is 1.44 bits per heavy atom. The van der Waals surface area contributed by atoms with Gasteiger partial charge in [-0.1, -0.05) is 23.8 Å². The zero-order valence-electron chi connectivity index (χ0n) is 10.4. The number of hydrogen-bond donors (Lipinski definition) is 2. The Hall–Kier alpha value is -1.33. The quantitative estimate of drug-likeness (QED) is 0.819. The van der Waals surface area contributed by atoms with Gasteiger partial charge in [0, 0.05) is 10.6 Å². The molecular weight excluding hydrogens is 272 g/mol. The normalized spacial score (nSPS) is 10.9. The molecule has 1 aromatic rings. The number of thiocarbonyl (C=S) groups is 1. The van der Waals surface area contributed by atoms with Gasteiger partial charge in [-0.3, -0.25) is 5.32 Å². The number of nitrogens with two attached hydrogens (primary N) is 1. The van der Waals surface area contributed by atoms with E-state index < -0.39 is 11.7 Å². The molecule has 0 spiro atoms. The van der Waals surface area contributed by atoms with E-state index in [4.69, 9.17) is 34.3 Å². The molecule has 0 atom stereocenters. The summed E-state index contributed by atoms with van der Waals surface area (Å²) in [5.41, 5.74) is 5.96. The first-order valence-corrected chi connectivity index (χ1v) is 6.07. The smallest absolute Gasteiger partial charge is 0.412 e. The average Bonchev–Trinajstić information content (AvgIpc) is 2.13. The highest BCUT2D eigenvalue weighted by atomic mass is 35.5. The summed E-state index contributed by atoms with van der Waals surface area (Å²) >= 11 is 10.8. The minimum atomic E-state index is -0.581. The van der Waals surface area contributed by atoms with Gasteiger partial charge in [0.05, 0.1) is 5.69 Å². The van der Waals surface area contributed by atoms with Gasteiger partial charge in [-0.2, -0.15) is 0 Å². The molecule has 0 aliphatic rings. The van der Waals surface area contributed by atoms with Crippen LogP contribution < -0.4 is 11.1 Å². The van der Waals surface area contributed by atoms with E-state index in [0.29, 0.717) is 16.3 Å². The molecule has 98 valence electrons. The minimum absolute atomic E-state index is 0.178. The van der Waals surface area contributed by atoms with E-state index in [1.807, 2.05) is 0 Å². The van der Waals surface area contributed by atoms with E-state index in [-0.39, 0.29) is 4.99 Å². The summed E-state index contributed by atoms with van der Waals surface area (Å²) in [6.45, 7) is 5.33. The Balaban J connectivity index is 2.93. The van der Waals surface area contributed by atoms with E-state index in [0.717, 1.165) is 0 Å². The van der Waals surface area contributed by atoms with Crippen molar-refractivity contribution in [2.45, 2.75) is 26.4 Å². The molecule has 3 N–H and O–H groups in total. The maximum absolute atomic E-state index is 11.7. The number of nitrogens with one attached hydrogen (secondary N) is 1. The Labute approximate surface area is 116 Å². The van der Waals surface area contributed by atoms with Crippen molar-refractivity contribution in [2.24, 2.45) is 5.73 Å². The Bertz CT molecular complexity index is 483. The number of carbonyl (C=O) groups excluding carboxylic acids is 1. The Morgan fingerprint density at radius 3 is 2.56 bits per heavy atom. The number of ether oxygens (including phenoxy) is 1. The molecule has 0 bridgehead atoms. The van der Waals surface area contributed by atoms with Crippen molar-refractivity contribution in [3.63, 3.8) is 0 Å². The van der Waals surface area contributed by atoms with Crippen molar-refractivity contribution in [3.8, 4) is 0 Å². The van der Waals surface area contributed by atoms with E-state index in [1.165, 1.54) is 0 Å². The van der Waals surface area contributed by atoms with Gasteiger partial charge in [0.1, 0.15) is 10.6 Å². The zero-order chi connectivity index (χ0) is 13.9. The van der Waals surface area contributed by atoms with E-state index in [1.54, 1.807) is 39.0 Å². The first-order chi connectivity index (χ1) is 8.19. The highest BCUT2D eigenvalue weighted by Crippen LogP contribution is 2.22. The van der Waals surface area contributed by atoms with Crippen molar-refractivity contribution in [1.29, 1.82) is 0 Å². The van der Waals surface area contributed by atoms with Crippen molar-refractivity contribution in [2.75, 3.05) is 5.32 Å². The summed E-state index contributed by atoms with van der Waals surface area (Å²) < 4.78 is 5.14. The summed E-state index contributed by atoms with van der Waals surface area (Å²) in [6, 6.07) is 4.87. The lowest BCUT2D eigenvalue weighted by atomic mass is 10.2. The number of anilines is 1. The van der Waals surface area contributed by atoms with Gasteiger partial charge >= 0.3 is 6.09 Å². The van der Waals surface area contributed by atoms with Crippen LogP contribution in [0.3, 0.4) is 0 Å². The second kappa shape index (κ2) is 5.54. The number of amides is 1. The molecule has 0 saturated heterocycles. The molecular formula is C12H15ClN2O2S. The monoisotopic (exact) mass is 286 g/mol. The van der Waals surface area contributed by atoms with Gasteiger partial charge in [0.15, 0.2) is 0 Å². The molecule has 0 aliphatic heterocycles. The maximum atomic E-state index is 11.7. The van der Waals surface area contributed by atoms with Gasteiger partial charge in [-0.25, -0.2) is 4.79 Å². The summed E-state index contributed by atoms with van der Waals surface area (Å²) in [5.74, 6) is 0. The van der Waals surface area contributed by atoms with Crippen LogP contribution in [0.15, 0.2) is 18.2 Å². The predicted molar refractivity (Wildman–Crippen MR) is 77.2 cm³/mol. The lowest BCUT2D eigenvalue weighted by molar-refractivity contribution is 0.0636. The lowest BCUT2D eigenvalue weighted by Crippen LogP contribution is -2.28. The SMILES string of the molecule is CC(C)(C)OC(=O)Nc1cc(Cl)ccc1C(N)=S. The maximum Gasteiger partial charge on any atom is 0.412 e. The molecule has 0 heterocycles. The molecule has 0 fully saturated rings. The fourth-order valence-electron chi connectivity index (χ4n) is 1.25. The molecule has 6 heteroatoms. The van der Waals surface area contributed by atoms with Crippen LogP contribution in [0.5, 0.6) is 0 Å². The fourth-order valence-corrected chi connectivity index (χ4v) is 1.60. The van der Waals surface area contributed by atoms with E-state index >= 15 is 0 Å². The molecule has 0 aromatic heterocycles. The summed E-state index contributed by atoms with van der Waals surface area (Å²) in [6.07, 6.45) is -0.581. The van der Waals surface area contributed by atoms with Gasteiger partial charge in [-0.05, 0) is 39.0 Å². The van der Waals surface area contributed by atoms with Crippen molar-refractivity contribution < 1.29 is 9.53 Å². The molecule has 1 amide bonds. The van der Waals surface area contributed by atoms with Crippen LogP contribution in [0.4, 0.5) is 10.5 Å². The highest BCUT2D eigenvalue weighted by molar-refractivity contribution is 7.80. The highest BCUT2D eigenvalue weighted by Gasteiger charge is 2.17. The van der Waals surface area contributed by atoms with Crippen LogP contribution in [0.25, 0.3) is 0 Å². The first kappa shape index (κ1) is 14.7. The Morgan fingerprint density at radius 2 is 2.06 bits per heavy atom. The minimum Gasteiger partial charge on any atom is -0.444 e. The number of carbonyl (C=O) groups is 1. The van der Waals surface area contributed by atoms with Crippen molar-refractivity contribution in [1.82, 2.24) is 0 Å². The van der Waals surface area contributed by atoms with Crippen LogP contribution in [0, 0.1) is 0 Å². The van der Waals surface area contributed by atoms with Crippen LogP contribution in [0.1, 0.15) is 26.3 Å². The molecule has 1 rings (SSSR count). The van der Waals surface area contributed by atoms with Crippen molar-refractivity contribution in [3.05, 3.63) is 28.8 Å². The third-order valence-corrected chi connectivity index (χ3v) is 2.34. The van der Waals surface area contributed by atoms with E-state index in [9.17, 15) is 4.79 Å². The third kappa shape index (κ3) is 4.50. The van der Waals surface area contributed by atoms with Gasteiger partial charge in [0.2, 0.25) is 0 Å². The topological polar surface area (TPSA) is 64.3 Å². The first-order valence-electron chi connectivity index (χ1n) is 5.28. The van der Waals surface area contributed by atoms with Gasteiger partial charge in [-0.15, -0.1) is 0 Å². The van der Waals surface area contributed by atoms with Crippen LogP contribution in [-0.2, 0) is 4.74 Å². The molecule has 0 unspecified atom stereocenters. The largest absolute Gasteiger partial charge is 0.444 e. The number of rotatable bonds is 2.